The van der Waals surface area contributed by atoms with Gasteiger partial charge in [-0.3, -0.25) is 0 Å². The Balaban J connectivity index is 1.31. The van der Waals surface area contributed by atoms with Gasteiger partial charge in [-0.25, -0.2) is 8.57 Å². The number of fused-ring (bicyclic) bond motifs is 1. The lowest BCUT2D eigenvalue weighted by Crippen LogP contribution is -2.55. The van der Waals surface area contributed by atoms with Crippen LogP contribution in [0.2, 0.25) is 0 Å². The highest BCUT2D eigenvalue weighted by Gasteiger charge is 2.54. The van der Waals surface area contributed by atoms with E-state index < -0.39 is 15.3 Å². The van der Waals surface area contributed by atoms with Crippen LogP contribution in [0.25, 0.3) is 0 Å². The molecule has 1 N–H and O–H groups in total. The molecule has 2 aliphatic rings. The average Bonchev–Trinajstić information content (AvgIpc) is 3.10. The standard InChI is InChI=1S/C41H47NO4S/c1-31-21-23-38-37(20-13-25-41(38,43)30-47(44,42-3)36-18-11-6-12-19-36)40(31,2)27-34-26-35(45-28-32-14-7-4-8-15-32)22-24-39(34)46-29-33-16-9-5-10-17-33/h4-12,14-19,21-24,26,31,37-38,43H,13,20,25,27-30H2,1-3H3/t31-,37-,38+,40-,41-,47+/m1/s1. The van der Waals surface area contributed by atoms with Gasteiger partial charge in [-0.05, 0) is 83.5 Å². The van der Waals surface area contributed by atoms with Crippen molar-refractivity contribution in [2.45, 2.75) is 63.2 Å². The molecular formula is C41H47NO4S. The topological polar surface area (TPSA) is 68.1 Å². The van der Waals surface area contributed by atoms with E-state index in [9.17, 15) is 9.32 Å². The molecule has 6 rings (SSSR count). The summed E-state index contributed by atoms with van der Waals surface area (Å²) in [5, 5.41) is 12.4. The van der Waals surface area contributed by atoms with Gasteiger partial charge in [0, 0.05) is 17.9 Å². The zero-order chi connectivity index (χ0) is 32.9. The second-order valence-electron chi connectivity index (χ2n) is 13.6. The zero-order valence-corrected chi connectivity index (χ0v) is 28.6. The Morgan fingerprint density at radius 3 is 2.11 bits per heavy atom. The van der Waals surface area contributed by atoms with Gasteiger partial charge in [-0.2, -0.15) is 0 Å². The summed E-state index contributed by atoms with van der Waals surface area (Å²) in [5.41, 5.74) is 2.02. The monoisotopic (exact) mass is 649 g/mol. The lowest BCUT2D eigenvalue weighted by molar-refractivity contribution is -0.0829. The summed E-state index contributed by atoms with van der Waals surface area (Å²) in [6.07, 6.45) is 7.72. The fraction of sp³-hybridized carbons (Fsp3) is 0.366. The first-order valence-electron chi connectivity index (χ1n) is 16.8. The van der Waals surface area contributed by atoms with Crippen LogP contribution in [0.1, 0.15) is 49.8 Å². The number of hydrogen-bond acceptors (Lipinski definition) is 5. The third kappa shape index (κ3) is 7.19. The highest BCUT2D eigenvalue weighted by Crippen LogP contribution is 2.56. The molecule has 6 heteroatoms. The molecule has 4 aromatic rings. The van der Waals surface area contributed by atoms with Gasteiger partial charge in [0.05, 0.1) is 21.1 Å². The quantitative estimate of drug-likeness (QED) is 0.165. The Hall–Kier alpha value is -3.87. The molecule has 2 aliphatic carbocycles. The summed E-state index contributed by atoms with van der Waals surface area (Å²) in [4.78, 5) is 0.682. The number of aliphatic hydroxyl groups is 1. The number of ether oxygens (including phenoxy) is 2. The van der Waals surface area contributed by atoms with E-state index in [1.54, 1.807) is 7.05 Å². The lowest BCUT2D eigenvalue weighted by Gasteiger charge is -2.55. The highest BCUT2D eigenvalue weighted by atomic mass is 32.2. The molecule has 246 valence electrons. The largest absolute Gasteiger partial charge is 0.489 e. The molecule has 4 aromatic carbocycles. The summed E-state index contributed by atoms with van der Waals surface area (Å²) in [7, 11) is -1.18. The molecule has 0 aliphatic heterocycles. The maximum Gasteiger partial charge on any atom is 0.123 e. The first kappa shape index (κ1) is 33.0. The van der Waals surface area contributed by atoms with E-state index in [-0.39, 0.29) is 28.9 Å². The van der Waals surface area contributed by atoms with E-state index in [0.717, 1.165) is 47.5 Å². The Labute approximate surface area is 280 Å². The van der Waals surface area contributed by atoms with Crippen molar-refractivity contribution in [3.8, 4) is 11.5 Å². The van der Waals surface area contributed by atoms with Crippen molar-refractivity contribution in [3.63, 3.8) is 0 Å². The number of nitrogens with zero attached hydrogens (tertiary/aromatic N) is 1. The van der Waals surface area contributed by atoms with Crippen LogP contribution in [0.3, 0.4) is 0 Å². The molecule has 0 unspecified atom stereocenters. The van der Waals surface area contributed by atoms with E-state index in [1.165, 1.54) is 0 Å². The fourth-order valence-corrected chi connectivity index (χ4v) is 9.85. The van der Waals surface area contributed by atoms with Gasteiger partial charge in [0.2, 0.25) is 0 Å². The number of hydrogen-bond donors (Lipinski definition) is 1. The maximum atomic E-state index is 14.3. The number of allylic oxidation sites excluding steroid dienone is 1. The first-order valence-corrected chi connectivity index (χ1v) is 18.5. The SMILES string of the molecule is CN=[S@](=O)(C[C@]1(O)CCC[C@@H]2[C@@H]1C=C[C@@H](C)[C@@]2(C)Cc1cc(OCc2ccccc2)ccc1OCc1ccccc1)c1ccccc1. The van der Waals surface area contributed by atoms with Crippen LogP contribution in [0.5, 0.6) is 11.5 Å². The average molecular weight is 650 g/mol. The maximum absolute atomic E-state index is 14.3. The second kappa shape index (κ2) is 14.1. The van der Waals surface area contributed by atoms with Gasteiger partial charge in [0.25, 0.3) is 0 Å². The van der Waals surface area contributed by atoms with Gasteiger partial charge in [-0.1, -0.05) is 111 Å². The summed E-state index contributed by atoms with van der Waals surface area (Å²) in [6, 6.07) is 36.1. The molecule has 1 saturated carbocycles. The van der Waals surface area contributed by atoms with E-state index in [1.807, 2.05) is 78.9 Å². The minimum absolute atomic E-state index is 0.130. The predicted octanol–water partition coefficient (Wildman–Crippen LogP) is 8.90. The van der Waals surface area contributed by atoms with Gasteiger partial charge >= 0.3 is 0 Å². The van der Waals surface area contributed by atoms with Crippen molar-refractivity contribution in [1.82, 2.24) is 0 Å². The summed E-state index contributed by atoms with van der Waals surface area (Å²) in [6.45, 7) is 5.61. The van der Waals surface area contributed by atoms with Crippen molar-refractivity contribution < 1.29 is 18.8 Å². The van der Waals surface area contributed by atoms with Gasteiger partial charge in [0.1, 0.15) is 24.7 Å². The van der Waals surface area contributed by atoms with Crippen LogP contribution >= 0.6 is 0 Å². The molecule has 0 saturated heterocycles. The Morgan fingerprint density at radius 1 is 0.851 bits per heavy atom. The molecule has 6 atom stereocenters. The lowest BCUT2D eigenvalue weighted by atomic mass is 9.52. The third-order valence-corrected chi connectivity index (χ3v) is 13.1. The summed E-state index contributed by atoms with van der Waals surface area (Å²) < 4.78 is 31.5. The summed E-state index contributed by atoms with van der Waals surface area (Å²) >= 11 is 0. The minimum Gasteiger partial charge on any atom is -0.489 e. The molecule has 1 fully saturated rings. The van der Waals surface area contributed by atoms with Crippen LogP contribution in [0.4, 0.5) is 0 Å². The van der Waals surface area contributed by atoms with E-state index in [4.69, 9.17) is 9.47 Å². The van der Waals surface area contributed by atoms with E-state index >= 15 is 0 Å². The van der Waals surface area contributed by atoms with E-state index in [2.05, 4.69) is 60.7 Å². The van der Waals surface area contributed by atoms with Gasteiger partial charge in [0.15, 0.2) is 0 Å². The van der Waals surface area contributed by atoms with Crippen LogP contribution in [-0.4, -0.2) is 27.7 Å². The van der Waals surface area contributed by atoms with Crippen LogP contribution in [0, 0.1) is 23.2 Å². The van der Waals surface area contributed by atoms with Crippen molar-refractivity contribution in [2.24, 2.45) is 27.5 Å². The van der Waals surface area contributed by atoms with Crippen molar-refractivity contribution >= 4 is 9.73 Å². The fourth-order valence-electron chi connectivity index (χ4n) is 7.74. The highest BCUT2D eigenvalue weighted by molar-refractivity contribution is 7.93. The second-order valence-corrected chi connectivity index (χ2v) is 16.0. The van der Waals surface area contributed by atoms with Crippen molar-refractivity contribution in [2.75, 3.05) is 12.8 Å². The number of benzene rings is 4. The molecular weight excluding hydrogens is 603 g/mol. The molecule has 0 heterocycles. The van der Waals surface area contributed by atoms with Crippen molar-refractivity contribution in [3.05, 3.63) is 138 Å². The normalized spacial score (nSPS) is 26.5. The summed E-state index contributed by atoms with van der Waals surface area (Å²) in [5.74, 6) is 2.11. The number of rotatable bonds is 11. The molecule has 47 heavy (non-hydrogen) atoms. The molecule has 0 amide bonds. The first-order chi connectivity index (χ1) is 22.7. The Kier molecular flexibility index (Phi) is 9.90. The van der Waals surface area contributed by atoms with Crippen LogP contribution < -0.4 is 9.47 Å². The van der Waals surface area contributed by atoms with E-state index in [0.29, 0.717) is 24.5 Å². The van der Waals surface area contributed by atoms with Gasteiger partial charge < -0.3 is 14.6 Å². The predicted molar refractivity (Wildman–Crippen MR) is 190 cm³/mol. The zero-order valence-electron chi connectivity index (χ0n) is 27.8. The van der Waals surface area contributed by atoms with Crippen molar-refractivity contribution in [1.29, 1.82) is 0 Å². The minimum atomic E-state index is -2.79. The molecule has 0 radical (unpaired) electrons. The molecule has 5 nitrogen and oxygen atoms in total. The smallest absolute Gasteiger partial charge is 0.123 e. The molecule has 0 spiro atoms. The third-order valence-electron chi connectivity index (χ3n) is 10.6. The molecule has 0 bridgehead atoms. The Morgan fingerprint density at radius 2 is 1.47 bits per heavy atom. The molecule has 0 aromatic heterocycles. The van der Waals surface area contributed by atoms with Crippen LogP contribution in [0.15, 0.2) is 131 Å². The van der Waals surface area contributed by atoms with Crippen LogP contribution in [-0.2, 0) is 29.4 Å². The Bertz CT molecular complexity index is 1780. The van der Waals surface area contributed by atoms with Gasteiger partial charge in [-0.15, -0.1) is 0 Å².